The van der Waals surface area contributed by atoms with Crippen molar-refractivity contribution in [3.8, 4) is 0 Å². The van der Waals surface area contributed by atoms with Gasteiger partial charge in [0.05, 0.1) is 4.92 Å². The van der Waals surface area contributed by atoms with E-state index in [0.717, 1.165) is 0 Å². The SMILES string of the molecule is CC1(C)C(=O)NC(=O)CN1c1nc(N)ccc1[N+](=O)[O-]. The first kappa shape index (κ1) is 13.7. The van der Waals surface area contributed by atoms with Crippen molar-refractivity contribution in [2.75, 3.05) is 17.2 Å². The lowest BCUT2D eigenvalue weighted by atomic mass is 9.98. The van der Waals surface area contributed by atoms with Crippen molar-refractivity contribution in [3.05, 3.63) is 22.2 Å². The summed E-state index contributed by atoms with van der Waals surface area (Å²) in [4.78, 5) is 39.0. The lowest BCUT2D eigenvalue weighted by molar-refractivity contribution is -0.384. The second-order valence-electron chi connectivity index (χ2n) is 4.86. The van der Waals surface area contributed by atoms with Crippen molar-refractivity contribution in [1.82, 2.24) is 10.3 Å². The molecule has 106 valence electrons. The van der Waals surface area contributed by atoms with E-state index in [1.54, 1.807) is 13.8 Å². The van der Waals surface area contributed by atoms with E-state index in [4.69, 9.17) is 5.73 Å². The van der Waals surface area contributed by atoms with Crippen LogP contribution in [0.5, 0.6) is 0 Å². The van der Waals surface area contributed by atoms with Crippen LogP contribution in [-0.2, 0) is 9.59 Å². The summed E-state index contributed by atoms with van der Waals surface area (Å²) in [6.07, 6.45) is 0. The normalized spacial score (nSPS) is 17.8. The van der Waals surface area contributed by atoms with Gasteiger partial charge in [0, 0.05) is 6.07 Å². The Balaban J connectivity index is 2.59. The zero-order valence-electron chi connectivity index (χ0n) is 10.9. The Morgan fingerprint density at radius 3 is 2.70 bits per heavy atom. The summed E-state index contributed by atoms with van der Waals surface area (Å²) in [6.45, 7) is 2.88. The van der Waals surface area contributed by atoms with Crippen molar-refractivity contribution in [1.29, 1.82) is 0 Å². The third-order valence-corrected chi connectivity index (χ3v) is 3.11. The maximum atomic E-state index is 11.9. The Kier molecular flexibility index (Phi) is 3.04. The monoisotopic (exact) mass is 279 g/mol. The predicted molar refractivity (Wildman–Crippen MR) is 69.9 cm³/mol. The second-order valence-corrected chi connectivity index (χ2v) is 4.86. The molecule has 1 fully saturated rings. The number of nitrogens with one attached hydrogen (secondary N) is 1. The third kappa shape index (κ3) is 2.13. The van der Waals surface area contributed by atoms with Crippen LogP contribution in [0.3, 0.4) is 0 Å². The molecular weight excluding hydrogens is 266 g/mol. The van der Waals surface area contributed by atoms with Gasteiger partial charge in [-0.2, -0.15) is 0 Å². The van der Waals surface area contributed by atoms with Crippen LogP contribution in [0.2, 0.25) is 0 Å². The minimum Gasteiger partial charge on any atom is -0.384 e. The third-order valence-electron chi connectivity index (χ3n) is 3.11. The molecule has 3 N–H and O–H groups in total. The molecule has 0 aromatic carbocycles. The van der Waals surface area contributed by atoms with E-state index in [1.165, 1.54) is 17.0 Å². The quantitative estimate of drug-likeness (QED) is 0.435. The van der Waals surface area contributed by atoms with E-state index >= 15 is 0 Å². The molecule has 0 atom stereocenters. The number of imide groups is 1. The van der Waals surface area contributed by atoms with Gasteiger partial charge < -0.3 is 10.6 Å². The largest absolute Gasteiger partial charge is 0.384 e. The maximum absolute atomic E-state index is 11.9. The van der Waals surface area contributed by atoms with Crippen LogP contribution < -0.4 is 16.0 Å². The summed E-state index contributed by atoms with van der Waals surface area (Å²) < 4.78 is 0. The van der Waals surface area contributed by atoms with Crippen LogP contribution in [0.15, 0.2) is 12.1 Å². The van der Waals surface area contributed by atoms with Crippen LogP contribution in [0.25, 0.3) is 0 Å². The number of hydrogen-bond donors (Lipinski definition) is 2. The Bertz CT molecular complexity index is 613. The van der Waals surface area contributed by atoms with Crippen LogP contribution in [0, 0.1) is 10.1 Å². The topological polar surface area (TPSA) is 131 Å². The molecule has 2 amide bonds. The lowest BCUT2D eigenvalue weighted by Gasteiger charge is -2.40. The molecule has 2 heterocycles. The molecule has 9 nitrogen and oxygen atoms in total. The van der Waals surface area contributed by atoms with Gasteiger partial charge in [-0.3, -0.25) is 25.0 Å². The number of anilines is 2. The van der Waals surface area contributed by atoms with Gasteiger partial charge in [0.25, 0.3) is 5.91 Å². The smallest absolute Gasteiger partial charge is 0.311 e. The number of nitro groups is 1. The van der Waals surface area contributed by atoms with Gasteiger partial charge in [-0.05, 0) is 19.9 Å². The average Bonchev–Trinajstić information content (AvgIpc) is 2.33. The highest BCUT2D eigenvalue weighted by molar-refractivity contribution is 6.06. The van der Waals surface area contributed by atoms with Crippen LogP contribution in [0.1, 0.15) is 13.8 Å². The lowest BCUT2D eigenvalue weighted by Crippen LogP contribution is -2.64. The van der Waals surface area contributed by atoms with E-state index in [-0.39, 0.29) is 23.9 Å². The fourth-order valence-electron chi connectivity index (χ4n) is 1.92. The summed E-state index contributed by atoms with van der Waals surface area (Å²) in [5, 5.41) is 13.2. The molecule has 1 saturated heterocycles. The minimum absolute atomic E-state index is 0.0693. The summed E-state index contributed by atoms with van der Waals surface area (Å²) in [5.41, 5.74) is 4.08. The summed E-state index contributed by atoms with van der Waals surface area (Å²) in [6, 6.07) is 2.49. The first-order valence-corrected chi connectivity index (χ1v) is 5.76. The molecule has 1 aromatic heterocycles. The number of nitrogens with two attached hydrogens (primary N) is 1. The molecule has 0 saturated carbocycles. The highest BCUT2D eigenvalue weighted by Gasteiger charge is 2.44. The number of nitrogen functional groups attached to an aromatic ring is 1. The van der Waals surface area contributed by atoms with Crippen LogP contribution >= 0.6 is 0 Å². The molecule has 0 radical (unpaired) electrons. The zero-order valence-corrected chi connectivity index (χ0v) is 10.9. The van der Waals surface area contributed by atoms with Gasteiger partial charge in [0.1, 0.15) is 17.9 Å². The number of rotatable bonds is 2. The van der Waals surface area contributed by atoms with Crippen LogP contribution in [-0.4, -0.2) is 33.8 Å². The Hall–Kier alpha value is -2.71. The van der Waals surface area contributed by atoms with Gasteiger partial charge in [-0.15, -0.1) is 0 Å². The van der Waals surface area contributed by atoms with E-state index in [0.29, 0.717) is 0 Å². The molecule has 0 bridgehead atoms. The number of carbonyl (C=O) groups excluding carboxylic acids is 2. The second kappa shape index (κ2) is 4.44. The van der Waals surface area contributed by atoms with Gasteiger partial charge in [-0.1, -0.05) is 0 Å². The standard InChI is InChI=1S/C11H13N5O4/c1-11(2)10(18)14-8(17)5-15(11)9-6(16(19)20)3-4-7(12)13-9/h3-4H,5H2,1-2H3,(H2,12,13)(H,14,17,18). The van der Waals surface area contributed by atoms with Crippen molar-refractivity contribution in [2.24, 2.45) is 0 Å². The summed E-state index contributed by atoms with van der Waals surface area (Å²) in [7, 11) is 0. The zero-order chi connectivity index (χ0) is 15.1. The number of amides is 2. The van der Waals surface area contributed by atoms with Gasteiger partial charge in [-0.25, -0.2) is 4.98 Å². The summed E-state index contributed by atoms with van der Waals surface area (Å²) in [5.74, 6) is -1.12. The summed E-state index contributed by atoms with van der Waals surface area (Å²) >= 11 is 0. The Morgan fingerprint density at radius 2 is 2.10 bits per heavy atom. The molecule has 0 spiro atoms. The number of carbonyl (C=O) groups is 2. The van der Waals surface area contributed by atoms with Gasteiger partial charge in [0.15, 0.2) is 0 Å². The number of piperazine rings is 1. The van der Waals surface area contributed by atoms with E-state index in [1.807, 2.05) is 0 Å². The minimum atomic E-state index is -1.15. The first-order chi connectivity index (χ1) is 9.23. The van der Waals surface area contributed by atoms with Crippen molar-refractivity contribution < 1.29 is 14.5 Å². The number of aromatic nitrogens is 1. The molecule has 2 rings (SSSR count). The van der Waals surface area contributed by atoms with E-state index in [2.05, 4.69) is 10.3 Å². The number of hydrogen-bond acceptors (Lipinski definition) is 7. The van der Waals surface area contributed by atoms with Gasteiger partial charge >= 0.3 is 5.69 Å². The molecular formula is C11H13N5O4. The fraction of sp³-hybridized carbons (Fsp3) is 0.364. The number of pyridine rings is 1. The van der Waals surface area contributed by atoms with E-state index < -0.39 is 22.3 Å². The van der Waals surface area contributed by atoms with Gasteiger partial charge in [0.2, 0.25) is 11.7 Å². The molecule has 20 heavy (non-hydrogen) atoms. The first-order valence-electron chi connectivity index (χ1n) is 5.76. The number of nitrogens with zero attached hydrogens (tertiary/aromatic N) is 3. The van der Waals surface area contributed by atoms with Crippen molar-refractivity contribution in [2.45, 2.75) is 19.4 Å². The fourth-order valence-corrected chi connectivity index (χ4v) is 1.92. The highest BCUT2D eigenvalue weighted by Crippen LogP contribution is 2.33. The molecule has 1 aliphatic rings. The van der Waals surface area contributed by atoms with Crippen molar-refractivity contribution in [3.63, 3.8) is 0 Å². The predicted octanol–water partition coefficient (Wildman–Crippen LogP) is -0.187. The molecule has 1 aliphatic heterocycles. The van der Waals surface area contributed by atoms with Crippen LogP contribution in [0.4, 0.5) is 17.3 Å². The molecule has 0 aliphatic carbocycles. The Labute approximate surface area is 113 Å². The molecule has 9 heteroatoms. The molecule has 0 unspecified atom stereocenters. The molecule has 1 aromatic rings. The Morgan fingerprint density at radius 1 is 1.45 bits per heavy atom. The average molecular weight is 279 g/mol. The van der Waals surface area contributed by atoms with Crippen molar-refractivity contribution >= 4 is 29.1 Å². The van der Waals surface area contributed by atoms with E-state index in [9.17, 15) is 19.7 Å². The highest BCUT2D eigenvalue weighted by atomic mass is 16.6. The maximum Gasteiger partial charge on any atom is 0.311 e.